The van der Waals surface area contributed by atoms with Gasteiger partial charge in [-0.15, -0.1) is 0 Å². The second-order valence-corrected chi connectivity index (χ2v) is 6.11. The largest absolute Gasteiger partial charge is 0.476 e. The molecule has 1 aliphatic rings. The van der Waals surface area contributed by atoms with Gasteiger partial charge in [0.2, 0.25) is 0 Å². The van der Waals surface area contributed by atoms with E-state index >= 15 is 0 Å². The number of anilines is 1. The molecule has 17 heavy (non-hydrogen) atoms. The molecule has 6 heteroatoms. The van der Waals surface area contributed by atoms with Crippen molar-refractivity contribution in [1.82, 2.24) is 9.97 Å². The summed E-state index contributed by atoms with van der Waals surface area (Å²) >= 11 is 1.96. The number of rotatable bonds is 2. The molecule has 1 aromatic heterocycles. The van der Waals surface area contributed by atoms with Crippen LogP contribution in [0.5, 0.6) is 0 Å². The van der Waals surface area contributed by atoms with Gasteiger partial charge in [-0.3, -0.25) is 0 Å². The maximum atomic E-state index is 10.7. The van der Waals surface area contributed by atoms with Crippen LogP contribution in [-0.2, 0) is 0 Å². The second-order valence-electron chi connectivity index (χ2n) is 4.23. The number of carboxylic acids is 1. The minimum atomic E-state index is -1.04. The SMILES string of the molecule is CC1CN(c2cnc(C(=O)O)cn2)CC(C)S1. The Kier molecular flexibility index (Phi) is 3.51. The first-order valence-corrected chi connectivity index (χ1v) is 6.46. The van der Waals surface area contributed by atoms with Crippen LogP contribution in [0.4, 0.5) is 5.82 Å². The Morgan fingerprint density at radius 1 is 1.35 bits per heavy atom. The number of hydrogen-bond donors (Lipinski definition) is 1. The highest BCUT2D eigenvalue weighted by atomic mass is 32.2. The van der Waals surface area contributed by atoms with E-state index in [2.05, 4.69) is 28.7 Å². The Hall–Kier alpha value is -1.30. The third-order valence-corrected chi connectivity index (χ3v) is 3.83. The number of aromatic carboxylic acids is 1. The summed E-state index contributed by atoms with van der Waals surface area (Å²) in [5.41, 5.74) is -0.0127. The molecule has 0 bridgehead atoms. The zero-order chi connectivity index (χ0) is 12.4. The van der Waals surface area contributed by atoms with Gasteiger partial charge in [-0.05, 0) is 0 Å². The number of hydrogen-bond acceptors (Lipinski definition) is 5. The molecule has 2 heterocycles. The molecule has 0 saturated carbocycles. The monoisotopic (exact) mass is 253 g/mol. The van der Waals surface area contributed by atoms with E-state index < -0.39 is 5.97 Å². The zero-order valence-corrected chi connectivity index (χ0v) is 10.6. The van der Waals surface area contributed by atoms with Gasteiger partial charge in [-0.2, -0.15) is 11.8 Å². The predicted molar refractivity (Wildman–Crippen MR) is 67.7 cm³/mol. The summed E-state index contributed by atoms with van der Waals surface area (Å²) in [5, 5.41) is 9.86. The van der Waals surface area contributed by atoms with Crippen LogP contribution in [0.15, 0.2) is 12.4 Å². The molecule has 92 valence electrons. The van der Waals surface area contributed by atoms with Crippen molar-refractivity contribution in [2.75, 3.05) is 18.0 Å². The lowest BCUT2D eigenvalue weighted by molar-refractivity contribution is 0.0690. The molecule has 0 radical (unpaired) electrons. The van der Waals surface area contributed by atoms with Crippen LogP contribution >= 0.6 is 11.8 Å². The summed E-state index contributed by atoms with van der Waals surface area (Å²) in [7, 11) is 0. The van der Waals surface area contributed by atoms with Gasteiger partial charge in [0, 0.05) is 23.6 Å². The molecule has 2 rings (SSSR count). The van der Waals surface area contributed by atoms with Crippen LogP contribution in [0.2, 0.25) is 0 Å². The lowest BCUT2D eigenvalue weighted by Crippen LogP contribution is -2.40. The van der Waals surface area contributed by atoms with Crippen molar-refractivity contribution in [3.8, 4) is 0 Å². The van der Waals surface area contributed by atoms with Crippen molar-refractivity contribution in [2.45, 2.75) is 24.3 Å². The van der Waals surface area contributed by atoms with Crippen molar-refractivity contribution in [3.63, 3.8) is 0 Å². The maximum absolute atomic E-state index is 10.7. The first kappa shape index (κ1) is 12.2. The van der Waals surface area contributed by atoms with Gasteiger partial charge in [0.05, 0.1) is 12.4 Å². The number of nitrogens with zero attached hydrogens (tertiary/aromatic N) is 3. The van der Waals surface area contributed by atoms with Gasteiger partial charge >= 0.3 is 5.97 Å². The van der Waals surface area contributed by atoms with E-state index in [1.165, 1.54) is 6.20 Å². The van der Waals surface area contributed by atoms with Crippen molar-refractivity contribution in [1.29, 1.82) is 0 Å². The summed E-state index contributed by atoms with van der Waals surface area (Å²) in [4.78, 5) is 20.9. The van der Waals surface area contributed by atoms with E-state index in [1.54, 1.807) is 6.20 Å². The van der Waals surface area contributed by atoms with Gasteiger partial charge in [-0.1, -0.05) is 13.8 Å². The zero-order valence-electron chi connectivity index (χ0n) is 9.83. The van der Waals surface area contributed by atoms with E-state index in [-0.39, 0.29) is 5.69 Å². The minimum absolute atomic E-state index is 0.0127. The van der Waals surface area contributed by atoms with Crippen LogP contribution in [0.1, 0.15) is 24.3 Å². The standard InChI is InChI=1S/C11H15N3O2S/c1-7-5-14(6-8(2)17-7)10-4-12-9(3-13-10)11(15)16/h3-4,7-8H,5-6H2,1-2H3,(H,15,16). The fraction of sp³-hybridized carbons (Fsp3) is 0.545. The molecule has 2 unspecified atom stereocenters. The predicted octanol–water partition coefficient (Wildman–Crippen LogP) is 1.50. The van der Waals surface area contributed by atoms with Gasteiger partial charge in [0.1, 0.15) is 5.82 Å². The molecule has 1 saturated heterocycles. The molecule has 2 atom stereocenters. The third kappa shape index (κ3) is 2.88. The van der Waals surface area contributed by atoms with E-state index in [4.69, 9.17) is 5.11 Å². The lowest BCUT2D eigenvalue weighted by atomic mass is 10.3. The number of carbonyl (C=O) groups is 1. The minimum Gasteiger partial charge on any atom is -0.476 e. The molecule has 1 fully saturated rings. The molecule has 5 nitrogen and oxygen atoms in total. The summed E-state index contributed by atoms with van der Waals surface area (Å²) < 4.78 is 0. The molecule has 0 amide bonds. The molecular formula is C11H15N3O2S. The topological polar surface area (TPSA) is 66.3 Å². The summed E-state index contributed by atoms with van der Waals surface area (Å²) in [6, 6.07) is 0. The molecular weight excluding hydrogens is 238 g/mol. The van der Waals surface area contributed by atoms with E-state index in [9.17, 15) is 4.79 Å². The third-order valence-electron chi connectivity index (χ3n) is 2.60. The highest BCUT2D eigenvalue weighted by Gasteiger charge is 2.23. The van der Waals surface area contributed by atoms with Crippen LogP contribution in [0.3, 0.4) is 0 Å². The van der Waals surface area contributed by atoms with Crippen LogP contribution < -0.4 is 4.90 Å². The molecule has 0 aliphatic carbocycles. The second kappa shape index (κ2) is 4.91. The highest BCUT2D eigenvalue weighted by Crippen LogP contribution is 2.27. The van der Waals surface area contributed by atoms with Crippen molar-refractivity contribution in [2.24, 2.45) is 0 Å². The number of thioether (sulfide) groups is 1. The summed E-state index contributed by atoms with van der Waals surface area (Å²) in [5.74, 6) is -0.283. The first-order chi connectivity index (χ1) is 8.06. The molecule has 1 aromatic rings. The Morgan fingerprint density at radius 2 is 2.00 bits per heavy atom. The summed E-state index contributed by atoms with van der Waals surface area (Å²) in [6.07, 6.45) is 2.85. The lowest BCUT2D eigenvalue weighted by Gasteiger charge is -2.35. The highest BCUT2D eigenvalue weighted by molar-refractivity contribution is 8.00. The average molecular weight is 253 g/mol. The van der Waals surface area contributed by atoms with Gasteiger partial charge in [-0.25, -0.2) is 14.8 Å². The van der Waals surface area contributed by atoms with Crippen LogP contribution in [0.25, 0.3) is 0 Å². The van der Waals surface area contributed by atoms with Gasteiger partial charge in [0.15, 0.2) is 5.69 Å². The molecule has 1 N–H and O–H groups in total. The molecule has 1 aliphatic heterocycles. The molecule has 0 spiro atoms. The number of aromatic nitrogens is 2. The van der Waals surface area contributed by atoms with Crippen LogP contribution in [-0.4, -0.2) is 44.6 Å². The summed E-state index contributed by atoms with van der Waals surface area (Å²) in [6.45, 7) is 6.23. The fourth-order valence-electron chi connectivity index (χ4n) is 1.96. The smallest absolute Gasteiger partial charge is 0.356 e. The average Bonchev–Trinajstić information content (AvgIpc) is 2.28. The van der Waals surface area contributed by atoms with Crippen molar-refractivity contribution < 1.29 is 9.90 Å². The Bertz CT molecular complexity index is 400. The first-order valence-electron chi connectivity index (χ1n) is 5.52. The Labute approximate surface area is 104 Å². The van der Waals surface area contributed by atoms with Crippen LogP contribution in [0, 0.1) is 0 Å². The normalized spacial score (nSPS) is 24.7. The van der Waals surface area contributed by atoms with Crippen molar-refractivity contribution >= 4 is 23.5 Å². The Balaban J connectivity index is 2.14. The van der Waals surface area contributed by atoms with E-state index in [0.717, 1.165) is 18.9 Å². The van der Waals surface area contributed by atoms with Gasteiger partial charge in [0.25, 0.3) is 0 Å². The number of carboxylic acid groups (broad SMARTS) is 1. The Morgan fingerprint density at radius 3 is 2.47 bits per heavy atom. The van der Waals surface area contributed by atoms with Gasteiger partial charge < -0.3 is 10.0 Å². The molecule has 0 aromatic carbocycles. The quantitative estimate of drug-likeness (QED) is 0.861. The fourth-order valence-corrected chi connectivity index (χ4v) is 3.29. The maximum Gasteiger partial charge on any atom is 0.356 e. The van der Waals surface area contributed by atoms with Crippen molar-refractivity contribution in [3.05, 3.63) is 18.1 Å². The van der Waals surface area contributed by atoms with E-state index in [0.29, 0.717) is 10.5 Å². The van der Waals surface area contributed by atoms with E-state index in [1.807, 2.05) is 11.8 Å².